The average Bonchev–Trinajstić information content (AvgIpc) is 2.74. The molecule has 0 aliphatic carbocycles. The first-order valence-electron chi connectivity index (χ1n) is 9.93. The zero-order valence-corrected chi connectivity index (χ0v) is 16.4. The Labute approximate surface area is 169 Å². The summed E-state index contributed by atoms with van der Waals surface area (Å²) < 4.78 is 0. The van der Waals surface area contributed by atoms with E-state index in [9.17, 15) is 9.59 Å². The molecule has 0 atom stereocenters. The van der Waals surface area contributed by atoms with Crippen molar-refractivity contribution in [3.8, 4) is 0 Å². The molecule has 4 rings (SSSR count). The van der Waals surface area contributed by atoms with Crippen LogP contribution in [-0.2, 0) is 13.0 Å². The molecule has 148 valence electrons. The van der Waals surface area contributed by atoms with Crippen molar-refractivity contribution in [3.63, 3.8) is 0 Å². The Bertz CT molecular complexity index is 1140. The quantitative estimate of drug-likeness (QED) is 0.691. The highest BCUT2D eigenvalue weighted by atomic mass is 16.4. The third-order valence-corrected chi connectivity index (χ3v) is 5.57. The number of carboxylic acids is 1. The molecule has 5 heteroatoms. The Morgan fingerprint density at radius 1 is 1.14 bits per heavy atom. The zero-order valence-electron chi connectivity index (χ0n) is 16.4. The number of nitrogens with one attached hydrogen (secondary N) is 1. The van der Waals surface area contributed by atoms with Crippen LogP contribution < -0.4 is 5.56 Å². The number of hydrogen-bond donors (Lipinski definition) is 2. The third-order valence-electron chi connectivity index (χ3n) is 5.57. The third kappa shape index (κ3) is 4.15. The molecule has 0 saturated carbocycles. The SMILES string of the molecule is CCc1cc2ccc(CN3CC=C(c4ccc(C(=O)O)cc4)CC3)cc2[nH]c1=O. The lowest BCUT2D eigenvalue weighted by Crippen LogP contribution is -2.28. The summed E-state index contributed by atoms with van der Waals surface area (Å²) in [5.74, 6) is -0.900. The number of pyridine rings is 1. The predicted octanol–water partition coefficient (Wildman–Crippen LogP) is 4.08. The number of H-pyrrole nitrogens is 1. The summed E-state index contributed by atoms with van der Waals surface area (Å²) in [6.07, 6.45) is 3.88. The van der Waals surface area contributed by atoms with Gasteiger partial charge in [0, 0.05) is 30.7 Å². The molecule has 0 saturated heterocycles. The molecule has 0 amide bonds. The molecule has 0 unspecified atom stereocenters. The van der Waals surface area contributed by atoms with Crippen LogP contribution >= 0.6 is 0 Å². The Balaban J connectivity index is 1.46. The summed E-state index contributed by atoms with van der Waals surface area (Å²) >= 11 is 0. The number of hydrogen-bond acceptors (Lipinski definition) is 3. The second-order valence-electron chi connectivity index (χ2n) is 7.50. The van der Waals surface area contributed by atoms with Crippen LogP contribution in [0.3, 0.4) is 0 Å². The first kappa shape index (κ1) is 19.2. The van der Waals surface area contributed by atoms with Crippen LogP contribution in [-0.4, -0.2) is 34.0 Å². The molecular formula is C24H24N2O3. The first-order chi connectivity index (χ1) is 14.0. The lowest BCUT2D eigenvalue weighted by atomic mass is 9.98. The van der Waals surface area contributed by atoms with Gasteiger partial charge in [-0.3, -0.25) is 9.69 Å². The molecule has 1 aromatic heterocycles. The van der Waals surface area contributed by atoms with Gasteiger partial charge in [-0.2, -0.15) is 0 Å². The van der Waals surface area contributed by atoms with E-state index < -0.39 is 5.97 Å². The highest BCUT2D eigenvalue weighted by Gasteiger charge is 2.14. The number of carboxylic acid groups (broad SMARTS) is 1. The minimum absolute atomic E-state index is 0.00313. The summed E-state index contributed by atoms with van der Waals surface area (Å²) in [5.41, 5.74) is 5.54. The minimum Gasteiger partial charge on any atom is -0.478 e. The summed E-state index contributed by atoms with van der Waals surface area (Å²) in [5, 5.41) is 10.1. The number of nitrogens with zero attached hydrogens (tertiary/aromatic N) is 1. The normalized spacial score (nSPS) is 14.7. The lowest BCUT2D eigenvalue weighted by molar-refractivity contribution is 0.0697. The summed E-state index contributed by atoms with van der Waals surface area (Å²) in [4.78, 5) is 28.5. The predicted molar refractivity (Wildman–Crippen MR) is 115 cm³/mol. The standard InChI is InChI=1S/C24H24N2O3/c1-2-17-14-21-4-3-16(13-22(21)25-23(17)27)15-26-11-9-19(10-12-26)18-5-7-20(8-6-18)24(28)29/h3-9,13-14H,2,10-12,15H2,1H3,(H,25,27)(H,28,29). The van der Waals surface area contributed by atoms with Gasteiger partial charge in [0.1, 0.15) is 0 Å². The number of aryl methyl sites for hydroxylation is 1. The highest BCUT2D eigenvalue weighted by molar-refractivity contribution is 5.88. The van der Waals surface area contributed by atoms with E-state index in [0.717, 1.165) is 54.5 Å². The van der Waals surface area contributed by atoms with Gasteiger partial charge in [0.2, 0.25) is 0 Å². The Hall–Kier alpha value is -3.18. The van der Waals surface area contributed by atoms with Crippen LogP contribution in [0.15, 0.2) is 59.4 Å². The highest BCUT2D eigenvalue weighted by Crippen LogP contribution is 2.24. The van der Waals surface area contributed by atoms with Gasteiger partial charge in [-0.1, -0.05) is 37.3 Å². The second kappa shape index (κ2) is 8.05. The molecule has 1 aliphatic rings. The van der Waals surface area contributed by atoms with Gasteiger partial charge in [-0.25, -0.2) is 4.79 Å². The molecule has 0 fully saturated rings. The lowest BCUT2D eigenvalue weighted by Gasteiger charge is -2.26. The number of benzene rings is 2. The fourth-order valence-electron chi connectivity index (χ4n) is 3.86. The van der Waals surface area contributed by atoms with Crippen LogP contribution in [0.25, 0.3) is 16.5 Å². The van der Waals surface area contributed by atoms with E-state index in [1.54, 1.807) is 12.1 Å². The molecule has 2 N–H and O–H groups in total. The van der Waals surface area contributed by atoms with Crippen molar-refractivity contribution >= 4 is 22.4 Å². The van der Waals surface area contributed by atoms with E-state index in [2.05, 4.69) is 34.2 Å². The first-order valence-corrected chi connectivity index (χ1v) is 9.93. The van der Waals surface area contributed by atoms with Gasteiger partial charge in [-0.15, -0.1) is 0 Å². The number of aromatic amines is 1. The number of carbonyl (C=O) groups is 1. The zero-order chi connectivity index (χ0) is 20.4. The fourth-order valence-corrected chi connectivity index (χ4v) is 3.86. The van der Waals surface area contributed by atoms with E-state index in [4.69, 9.17) is 5.11 Å². The van der Waals surface area contributed by atoms with Crippen LogP contribution in [0.2, 0.25) is 0 Å². The van der Waals surface area contributed by atoms with Crippen molar-refractivity contribution < 1.29 is 9.90 Å². The smallest absolute Gasteiger partial charge is 0.335 e. The van der Waals surface area contributed by atoms with Gasteiger partial charge in [0.15, 0.2) is 0 Å². The Morgan fingerprint density at radius 2 is 1.93 bits per heavy atom. The summed E-state index contributed by atoms with van der Waals surface area (Å²) in [6, 6.07) is 15.3. The van der Waals surface area contributed by atoms with Crippen molar-refractivity contribution in [2.24, 2.45) is 0 Å². The van der Waals surface area contributed by atoms with E-state index in [1.165, 1.54) is 11.1 Å². The van der Waals surface area contributed by atoms with Crippen molar-refractivity contribution in [1.29, 1.82) is 0 Å². The molecule has 2 heterocycles. The average molecular weight is 388 g/mol. The van der Waals surface area contributed by atoms with Gasteiger partial charge < -0.3 is 10.1 Å². The molecule has 1 aliphatic heterocycles. The van der Waals surface area contributed by atoms with Gasteiger partial charge in [0.25, 0.3) is 5.56 Å². The van der Waals surface area contributed by atoms with Crippen LogP contribution in [0.4, 0.5) is 0 Å². The topological polar surface area (TPSA) is 73.4 Å². The largest absolute Gasteiger partial charge is 0.478 e. The number of rotatable bonds is 5. The second-order valence-corrected chi connectivity index (χ2v) is 7.50. The van der Waals surface area contributed by atoms with Gasteiger partial charge >= 0.3 is 5.97 Å². The van der Waals surface area contributed by atoms with Crippen LogP contribution in [0.1, 0.15) is 40.4 Å². The van der Waals surface area contributed by atoms with Gasteiger partial charge in [0.05, 0.1) is 5.56 Å². The Kier molecular flexibility index (Phi) is 5.32. The molecule has 2 aromatic carbocycles. The molecular weight excluding hydrogens is 364 g/mol. The summed E-state index contributed by atoms with van der Waals surface area (Å²) in [7, 11) is 0. The molecule has 0 bridgehead atoms. The van der Waals surface area contributed by atoms with Crippen molar-refractivity contribution in [2.45, 2.75) is 26.3 Å². The molecule has 5 nitrogen and oxygen atoms in total. The van der Waals surface area contributed by atoms with Crippen molar-refractivity contribution in [3.05, 3.63) is 87.2 Å². The fraction of sp³-hybridized carbons (Fsp3) is 0.250. The summed E-state index contributed by atoms with van der Waals surface area (Å²) in [6.45, 7) is 4.61. The minimum atomic E-state index is -0.900. The Morgan fingerprint density at radius 3 is 2.59 bits per heavy atom. The van der Waals surface area contributed by atoms with E-state index in [-0.39, 0.29) is 5.56 Å². The number of fused-ring (bicyclic) bond motifs is 1. The molecule has 0 radical (unpaired) electrons. The maximum Gasteiger partial charge on any atom is 0.335 e. The monoisotopic (exact) mass is 388 g/mol. The van der Waals surface area contributed by atoms with Gasteiger partial charge in [-0.05, 0) is 59.2 Å². The molecule has 3 aromatic rings. The maximum atomic E-state index is 12.1. The van der Waals surface area contributed by atoms with E-state index in [1.807, 2.05) is 25.1 Å². The van der Waals surface area contributed by atoms with Crippen LogP contribution in [0.5, 0.6) is 0 Å². The number of aromatic carboxylic acids is 1. The van der Waals surface area contributed by atoms with Crippen molar-refractivity contribution in [1.82, 2.24) is 9.88 Å². The molecule has 0 spiro atoms. The van der Waals surface area contributed by atoms with E-state index >= 15 is 0 Å². The molecule has 29 heavy (non-hydrogen) atoms. The number of aromatic nitrogens is 1. The van der Waals surface area contributed by atoms with E-state index in [0.29, 0.717) is 5.56 Å². The van der Waals surface area contributed by atoms with Crippen LogP contribution in [0, 0.1) is 0 Å². The maximum absolute atomic E-state index is 12.1. The van der Waals surface area contributed by atoms with Crippen molar-refractivity contribution in [2.75, 3.05) is 13.1 Å².